The molecule has 0 saturated carbocycles. The second-order valence-electron chi connectivity index (χ2n) is 5.02. The van der Waals surface area contributed by atoms with Crippen LogP contribution in [-0.2, 0) is 4.74 Å². The van der Waals surface area contributed by atoms with E-state index in [1.807, 2.05) is 0 Å². The first kappa shape index (κ1) is 17.3. The second kappa shape index (κ2) is 9.23. The molecule has 0 amide bonds. The van der Waals surface area contributed by atoms with E-state index < -0.39 is 0 Å². The van der Waals surface area contributed by atoms with Crippen molar-refractivity contribution < 1.29 is 23.7 Å². The van der Waals surface area contributed by atoms with Gasteiger partial charge in [-0.05, 0) is 24.5 Å². The summed E-state index contributed by atoms with van der Waals surface area (Å²) in [6, 6.07) is 3.23. The Labute approximate surface area is 126 Å². The lowest BCUT2D eigenvalue weighted by molar-refractivity contribution is 0.0905. The van der Waals surface area contributed by atoms with Gasteiger partial charge in [0.1, 0.15) is 12.9 Å². The Morgan fingerprint density at radius 3 is 2.14 bits per heavy atom. The van der Waals surface area contributed by atoms with Gasteiger partial charge in [-0.25, -0.2) is 0 Å². The average Bonchev–Trinajstić information content (AvgIpc) is 2.49. The summed E-state index contributed by atoms with van der Waals surface area (Å²) in [4.78, 5) is 10.9. The Morgan fingerprint density at radius 1 is 1.05 bits per heavy atom. The average molecular weight is 296 g/mol. The van der Waals surface area contributed by atoms with Gasteiger partial charge >= 0.3 is 0 Å². The molecule has 0 atom stereocenters. The van der Waals surface area contributed by atoms with E-state index in [9.17, 15) is 4.79 Å². The highest BCUT2D eigenvalue weighted by atomic mass is 16.6. The van der Waals surface area contributed by atoms with Gasteiger partial charge in [0.25, 0.3) is 0 Å². The summed E-state index contributed by atoms with van der Waals surface area (Å²) in [5.74, 6) is 2.05. The molecule has 0 N–H and O–H groups in total. The molecule has 0 aromatic heterocycles. The van der Waals surface area contributed by atoms with Crippen LogP contribution in [0.3, 0.4) is 0 Å². The van der Waals surface area contributed by atoms with E-state index in [0.717, 1.165) is 19.3 Å². The number of ether oxygens (including phenoxy) is 4. The molecule has 0 heterocycles. The van der Waals surface area contributed by atoms with Crippen molar-refractivity contribution in [3.05, 3.63) is 17.7 Å². The Morgan fingerprint density at radius 2 is 1.67 bits per heavy atom. The molecule has 21 heavy (non-hydrogen) atoms. The first-order valence-corrected chi connectivity index (χ1v) is 7.04. The zero-order chi connectivity index (χ0) is 15.7. The molecule has 0 aliphatic rings. The van der Waals surface area contributed by atoms with E-state index in [4.69, 9.17) is 18.9 Å². The third-order valence-corrected chi connectivity index (χ3v) is 2.93. The predicted octanol–water partition coefficient (Wildman–Crippen LogP) is 2.96. The number of hydrogen-bond donors (Lipinski definition) is 0. The monoisotopic (exact) mass is 296 g/mol. The summed E-state index contributed by atoms with van der Waals surface area (Å²) in [6.45, 7) is 5.92. The molecule has 0 fully saturated rings. The van der Waals surface area contributed by atoms with Crippen LogP contribution in [0.25, 0.3) is 0 Å². The topological polar surface area (TPSA) is 54.0 Å². The molecule has 0 aliphatic carbocycles. The van der Waals surface area contributed by atoms with Crippen LogP contribution in [0, 0.1) is 5.92 Å². The molecule has 0 saturated heterocycles. The van der Waals surface area contributed by atoms with Crippen LogP contribution in [0.1, 0.15) is 30.6 Å². The maximum absolute atomic E-state index is 10.9. The SMILES string of the molecule is COc1cc(C=O)cc(OC)c1OCCOCCC(C)C. The minimum atomic E-state index is 0.394. The minimum Gasteiger partial charge on any atom is -0.493 e. The fourth-order valence-electron chi connectivity index (χ4n) is 1.73. The second-order valence-corrected chi connectivity index (χ2v) is 5.02. The lowest BCUT2D eigenvalue weighted by atomic mass is 10.1. The van der Waals surface area contributed by atoms with Crippen molar-refractivity contribution in [3.63, 3.8) is 0 Å². The molecule has 0 spiro atoms. The summed E-state index contributed by atoms with van der Waals surface area (Å²) in [7, 11) is 3.05. The highest BCUT2D eigenvalue weighted by Crippen LogP contribution is 2.38. The highest BCUT2D eigenvalue weighted by molar-refractivity contribution is 5.78. The maximum atomic E-state index is 10.9. The van der Waals surface area contributed by atoms with Crippen LogP contribution >= 0.6 is 0 Å². The Bertz CT molecular complexity index is 417. The van der Waals surface area contributed by atoms with Crippen LogP contribution in [0.5, 0.6) is 17.2 Å². The molecule has 0 aliphatic heterocycles. The van der Waals surface area contributed by atoms with Gasteiger partial charge in [-0.15, -0.1) is 0 Å². The fourth-order valence-corrected chi connectivity index (χ4v) is 1.73. The summed E-state index contributed by atoms with van der Waals surface area (Å²) < 4.78 is 21.6. The van der Waals surface area contributed by atoms with Gasteiger partial charge in [-0.2, -0.15) is 0 Å². The van der Waals surface area contributed by atoms with Gasteiger partial charge in [0, 0.05) is 12.2 Å². The Hall–Kier alpha value is -1.75. The minimum absolute atomic E-state index is 0.394. The lowest BCUT2D eigenvalue weighted by Gasteiger charge is -2.15. The number of hydrogen-bond acceptors (Lipinski definition) is 5. The molecule has 5 heteroatoms. The maximum Gasteiger partial charge on any atom is 0.203 e. The quantitative estimate of drug-likeness (QED) is 0.491. The molecule has 0 bridgehead atoms. The summed E-state index contributed by atoms with van der Waals surface area (Å²) >= 11 is 0. The van der Waals surface area contributed by atoms with Gasteiger partial charge in [0.2, 0.25) is 5.75 Å². The zero-order valence-corrected chi connectivity index (χ0v) is 13.2. The molecule has 0 radical (unpaired) electrons. The van der Waals surface area contributed by atoms with E-state index in [1.54, 1.807) is 12.1 Å². The van der Waals surface area contributed by atoms with Gasteiger partial charge in [-0.1, -0.05) is 13.8 Å². The summed E-state index contributed by atoms with van der Waals surface area (Å²) in [6.07, 6.45) is 1.77. The molecule has 1 aromatic carbocycles. The van der Waals surface area contributed by atoms with Gasteiger partial charge < -0.3 is 18.9 Å². The molecule has 5 nitrogen and oxygen atoms in total. The number of rotatable bonds is 10. The Balaban J connectivity index is 2.59. The number of aldehydes is 1. The Kier molecular flexibility index (Phi) is 7.61. The molecule has 1 rings (SSSR count). The van der Waals surface area contributed by atoms with Crippen molar-refractivity contribution in [2.45, 2.75) is 20.3 Å². The number of methoxy groups -OCH3 is 2. The van der Waals surface area contributed by atoms with Crippen LogP contribution < -0.4 is 14.2 Å². The molecule has 1 aromatic rings. The van der Waals surface area contributed by atoms with Crippen LogP contribution in [-0.4, -0.2) is 40.3 Å². The van der Waals surface area contributed by atoms with E-state index in [-0.39, 0.29) is 0 Å². The van der Waals surface area contributed by atoms with E-state index in [2.05, 4.69) is 13.8 Å². The first-order valence-electron chi connectivity index (χ1n) is 7.04. The van der Waals surface area contributed by atoms with E-state index in [1.165, 1.54) is 14.2 Å². The summed E-state index contributed by atoms with van der Waals surface area (Å²) in [5, 5.41) is 0. The van der Waals surface area contributed by atoms with E-state index >= 15 is 0 Å². The standard InChI is InChI=1S/C16H24O5/c1-12(2)5-6-20-7-8-21-16-14(18-3)9-13(11-17)10-15(16)19-4/h9-12H,5-8H2,1-4H3. The molecular weight excluding hydrogens is 272 g/mol. The zero-order valence-electron chi connectivity index (χ0n) is 13.2. The van der Waals surface area contributed by atoms with Crippen molar-refractivity contribution in [2.24, 2.45) is 5.92 Å². The van der Waals surface area contributed by atoms with Gasteiger partial charge in [-0.3, -0.25) is 4.79 Å². The van der Waals surface area contributed by atoms with Crippen molar-refractivity contribution in [2.75, 3.05) is 34.0 Å². The van der Waals surface area contributed by atoms with Crippen molar-refractivity contribution in [1.82, 2.24) is 0 Å². The first-order chi connectivity index (χ1) is 10.1. The number of carbonyl (C=O) groups excluding carboxylic acids is 1. The highest BCUT2D eigenvalue weighted by Gasteiger charge is 2.14. The van der Waals surface area contributed by atoms with Crippen molar-refractivity contribution in [1.29, 1.82) is 0 Å². The van der Waals surface area contributed by atoms with Gasteiger partial charge in [0.05, 0.1) is 20.8 Å². The molecule has 118 valence electrons. The van der Waals surface area contributed by atoms with Crippen molar-refractivity contribution >= 4 is 6.29 Å². The number of carbonyl (C=O) groups is 1. The predicted molar refractivity (Wildman–Crippen MR) is 80.7 cm³/mol. The third-order valence-electron chi connectivity index (χ3n) is 2.93. The largest absolute Gasteiger partial charge is 0.493 e. The van der Waals surface area contributed by atoms with Crippen LogP contribution in [0.15, 0.2) is 12.1 Å². The van der Waals surface area contributed by atoms with Crippen LogP contribution in [0.2, 0.25) is 0 Å². The van der Waals surface area contributed by atoms with E-state index in [0.29, 0.717) is 41.9 Å². The molecular formula is C16H24O5. The van der Waals surface area contributed by atoms with Crippen molar-refractivity contribution in [3.8, 4) is 17.2 Å². The fraction of sp³-hybridized carbons (Fsp3) is 0.562. The normalized spacial score (nSPS) is 10.5. The van der Waals surface area contributed by atoms with Crippen LogP contribution in [0.4, 0.5) is 0 Å². The lowest BCUT2D eigenvalue weighted by Crippen LogP contribution is -2.10. The van der Waals surface area contributed by atoms with Gasteiger partial charge in [0.15, 0.2) is 11.5 Å². The third kappa shape index (κ3) is 5.63. The smallest absolute Gasteiger partial charge is 0.203 e. The summed E-state index contributed by atoms with van der Waals surface area (Å²) in [5.41, 5.74) is 0.476. The number of benzene rings is 1. The molecule has 0 unspecified atom stereocenters.